The number of rotatable bonds is 4. The summed E-state index contributed by atoms with van der Waals surface area (Å²) in [7, 11) is 0. The molecule has 1 aromatic carbocycles. The average molecular weight is 380 g/mol. The van der Waals surface area contributed by atoms with Crippen molar-refractivity contribution in [2.24, 2.45) is 0 Å². The number of carbonyl (C=O) groups excluding carboxylic acids is 1. The van der Waals surface area contributed by atoms with Gasteiger partial charge < -0.3 is 4.57 Å². The van der Waals surface area contributed by atoms with E-state index in [1.165, 1.54) is 6.92 Å². The molecule has 3 aromatic rings. The van der Waals surface area contributed by atoms with Gasteiger partial charge in [-0.25, -0.2) is 0 Å². The Morgan fingerprint density at radius 1 is 1.04 bits per heavy atom. The van der Waals surface area contributed by atoms with Crippen LogP contribution >= 0.6 is 34.8 Å². The van der Waals surface area contributed by atoms with Gasteiger partial charge in [-0.05, 0) is 42.0 Å². The number of carbonyl (C=O) groups is 1. The molecule has 6 heteroatoms. The highest BCUT2D eigenvalue weighted by atomic mass is 35.5. The van der Waals surface area contributed by atoms with Crippen molar-refractivity contribution in [2.75, 3.05) is 0 Å². The van der Waals surface area contributed by atoms with Crippen molar-refractivity contribution in [3.05, 3.63) is 75.1 Å². The molecule has 2 heterocycles. The molecular formula is C18H13Cl3N2O. The predicted molar refractivity (Wildman–Crippen MR) is 98.2 cm³/mol. The van der Waals surface area contributed by atoms with Gasteiger partial charge in [-0.3, -0.25) is 9.78 Å². The van der Waals surface area contributed by atoms with Gasteiger partial charge in [0.25, 0.3) is 0 Å². The van der Waals surface area contributed by atoms with E-state index in [4.69, 9.17) is 34.8 Å². The fourth-order valence-electron chi connectivity index (χ4n) is 2.58. The van der Waals surface area contributed by atoms with Crippen LogP contribution in [0.3, 0.4) is 0 Å². The van der Waals surface area contributed by atoms with E-state index in [0.717, 1.165) is 16.8 Å². The molecule has 0 fully saturated rings. The van der Waals surface area contributed by atoms with Gasteiger partial charge in [0.1, 0.15) is 0 Å². The number of hydrogen-bond donors (Lipinski definition) is 0. The molecule has 0 bridgehead atoms. The van der Waals surface area contributed by atoms with Crippen LogP contribution in [0.5, 0.6) is 0 Å². The molecule has 0 aliphatic carbocycles. The van der Waals surface area contributed by atoms with Crippen LogP contribution in [0.25, 0.3) is 11.3 Å². The van der Waals surface area contributed by atoms with Gasteiger partial charge in [0.05, 0.1) is 16.4 Å². The third kappa shape index (κ3) is 3.48. The summed E-state index contributed by atoms with van der Waals surface area (Å²) in [6.07, 6.45) is 3.28. The van der Waals surface area contributed by atoms with Crippen molar-refractivity contribution >= 4 is 40.6 Å². The number of nitrogens with zero attached hydrogens (tertiary/aromatic N) is 2. The Morgan fingerprint density at radius 3 is 2.54 bits per heavy atom. The van der Waals surface area contributed by atoms with Crippen LogP contribution in [-0.4, -0.2) is 15.3 Å². The lowest BCUT2D eigenvalue weighted by atomic mass is 10.2. The largest absolute Gasteiger partial charge is 0.334 e. The van der Waals surface area contributed by atoms with E-state index in [9.17, 15) is 4.79 Å². The highest BCUT2D eigenvalue weighted by molar-refractivity contribution is 6.33. The van der Waals surface area contributed by atoms with E-state index in [0.29, 0.717) is 27.3 Å². The van der Waals surface area contributed by atoms with Gasteiger partial charge in [0.2, 0.25) is 0 Å². The molecule has 3 nitrogen and oxygen atoms in total. The fraction of sp³-hybridized carbons (Fsp3) is 0.111. The van der Waals surface area contributed by atoms with Crippen molar-refractivity contribution < 1.29 is 4.79 Å². The normalized spacial score (nSPS) is 10.8. The van der Waals surface area contributed by atoms with Crippen LogP contribution in [0.2, 0.25) is 15.1 Å². The lowest BCUT2D eigenvalue weighted by molar-refractivity contribution is 0.100. The van der Waals surface area contributed by atoms with E-state index in [1.54, 1.807) is 36.7 Å². The van der Waals surface area contributed by atoms with Crippen molar-refractivity contribution in [1.82, 2.24) is 9.55 Å². The lowest BCUT2D eigenvalue weighted by Gasteiger charge is -2.14. The van der Waals surface area contributed by atoms with E-state index in [1.807, 2.05) is 16.7 Å². The van der Waals surface area contributed by atoms with Crippen molar-refractivity contribution in [2.45, 2.75) is 13.5 Å². The first-order valence-corrected chi connectivity index (χ1v) is 8.34. The van der Waals surface area contributed by atoms with Gasteiger partial charge >= 0.3 is 0 Å². The second kappa shape index (κ2) is 6.98. The van der Waals surface area contributed by atoms with E-state index >= 15 is 0 Å². The Kier molecular flexibility index (Phi) is 4.95. The number of pyridine rings is 1. The van der Waals surface area contributed by atoms with Gasteiger partial charge in [0, 0.05) is 41.5 Å². The second-order valence-electron chi connectivity index (χ2n) is 5.37. The Labute approximate surface area is 154 Å². The zero-order valence-corrected chi connectivity index (χ0v) is 15.0. The molecule has 0 radical (unpaired) electrons. The third-order valence-corrected chi connectivity index (χ3v) is 4.49. The summed E-state index contributed by atoms with van der Waals surface area (Å²) in [5, 5.41) is 1.72. The van der Waals surface area contributed by atoms with Gasteiger partial charge in [-0.15, -0.1) is 0 Å². The topological polar surface area (TPSA) is 34.9 Å². The second-order valence-corrected chi connectivity index (χ2v) is 6.65. The Bertz CT molecular complexity index is 918. The van der Waals surface area contributed by atoms with Crippen LogP contribution < -0.4 is 0 Å². The molecule has 0 aliphatic rings. The quantitative estimate of drug-likeness (QED) is 0.540. The van der Waals surface area contributed by atoms with Gasteiger partial charge in [-0.1, -0.05) is 34.8 Å². The van der Waals surface area contributed by atoms with Crippen molar-refractivity contribution in [3.63, 3.8) is 0 Å². The Balaban J connectivity index is 2.13. The summed E-state index contributed by atoms with van der Waals surface area (Å²) >= 11 is 18.4. The molecule has 0 spiro atoms. The monoisotopic (exact) mass is 378 g/mol. The van der Waals surface area contributed by atoms with Crippen LogP contribution in [-0.2, 0) is 6.54 Å². The van der Waals surface area contributed by atoms with E-state index in [2.05, 4.69) is 4.98 Å². The average Bonchev–Trinajstić information content (AvgIpc) is 2.95. The first kappa shape index (κ1) is 17.0. The minimum absolute atomic E-state index is 0.0330. The molecule has 0 unspecified atom stereocenters. The highest BCUT2D eigenvalue weighted by Gasteiger charge is 2.15. The smallest absolute Gasteiger partial charge is 0.176 e. The minimum Gasteiger partial charge on any atom is -0.334 e. The molecule has 0 saturated carbocycles. The summed E-state index contributed by atoms with van der Waals surface area (Å²) in [6.45, 7) is 1.95. The zero-order chi connectivity index (χ0) is 17.3. The highest BCUT2D eigenvalue weighted by Crippen LogP contribution is 2.28. The Morgan fingerprint density at radius 2 is 1.83 bits per heavy atom. The summed E-state index contributed by atoms with van der Waals surface area (Å²) in [5.41, 5.74) is 3.08. The van der Waals surface area contributed by atoms with E-state index in [-0.39, 0.29) is 5.78 Å². The first-order chi connectivity index (χ1) is 11.5. The number of aromatic nitrogens is 2. The molecule has 2 aromatic heterocycles. The SMILES string of the molecule is CC(=O)c1ccc(-c2cncc(Cl)c2)n1Cc1cc(Cl)ccc1Cl. The minimum atomic E-state index is -0.0330. The summed E-state index contributed by atoms with van der Waals surface area (Å²) in [6, 6.07) is 10.8. The van der Waals surface area contributed by atoms with Gasteiger partial charge in [0.15, 0.2) is 5.78 Å². The third-order valence-electron chi connectivity index (χ3n) is 3.68. The molecule has 0 saturated heterocycles. The zero-order valence-electron chi connectivity index (χ0n) is 12.8. The maximum absolute atomic E-state index is 12.0. The lowest BCUT2D eigenvalue weighted by Crippen LogP contribution is -2.09. The van der Waals surface area contributed by atoms with Gasteiger partial charge in [-0.2, -0.15) is 0 Å². The van der Waals surface area contributed by atoms with Crippen LogP contribution in [0.15, 0.2) is 48.8 Å². The molecule has 122 valence electrons. The fourth-order valence-corrected chi connectivity index (χ4v) is 3.13. The van der Waals surface area contributed by atoms with Crippen LogP contribution in [0.4, 0.5) is 0 Å². The summed E-state index contributed by atoms with van der Waals surface area (Å²) in [4.78, 5) is 16.1. The molecule has 0 N–H and O–H groups in total. The van der Waals surface area contributed by atoms with E-state index < -0.39 is 0 Å². The number of Topliss-reactive ketones (excluding diaryl/α,β-unsaturated/α-hetero) is 1. The summed E-state index contributed by atoms with van der Waals surface area (Å²) in [5.74, 6) is -0.0330. The summed E-state index contributed by atoms with van der Waals surface area (Å²) < 4.78 is 1.90. The molecule has 0 aliphatic heterocycles. The number of benzene rings is 1. The maximum atomic E-state index is 12.0. The van der Waals surface area contributed by atoms with Crippen LogP contribution in [0.1, 0.15) is 23.0 Å². The van der Waals surface area contributed by atoms with Crippen molar-refractivity contribution in [1.29, 1.82) is 0 Å². The number of hydrogen-bond acceptors (Lipinski definition) is 2. The number of ketones is 1. The molecule has 3 rings (SSSR count). The van der Waals surface area contributed by atoms with Crippen LogP contribution in [0, 0.1) is 0 Å². The first-order valence-electron chi connectivity index (χ1n) is 7.21. The van der Waals surface area contributed by atoms with Crippen molar-refractivity contribution in [3.8, 4) is 11.3 Å². The number of halogens is 3. The standard InChI is InChI=1S/C18H13Cl3N2O/c1-11(24)17-4-5-18(12-6-15(20)9-22-8-12)23(17)10-13-7-14(19)2-3-16(13)21/h2-9H,10H2,1H3. The molecular weight excluding hydrogens is 367 g/mol. The molecule has 0 amide bonds. The predicted octanol–water partition coefficient (Wildman–Crippen LogP) is 5.76. The molecule has 24 heavy (non-hydrogen) atoms. The maximum Gasteiger partial charge on any atom is 0.176 e. The molecule has 0 atom stereocenters. The Hall–Kier alpha value is -1.81.